The molecule has 2 aromatic heterocycles. The van der Waals surface area contributed by atoms with Crippen molar-refractivity contribution >= 4 is 42.7 Å². The summed E-state index contributed by atoms with van der Waals surface area (Å²) in [5.41, 5.74) is 1.54. The Labute approximate surface area is 193 Å². The number of nitrogens with zero attached hydrogens (tertiary/aromatic N) is 3. The average Bonchev–Trinajstić information content (AvgIpc) is 3.22. The Hall–Kier alpha value is -2.75. The minimum Gasteiger partial charge on any atom is -0.378 e. The predicted molar refractivity (Wildman–Crippen MR) is 125 cm³/mol. The molecule has 4 aromatic rings. The molecule has 0 unspecified atom stereocenters. The van der Waals surface area contributed by atoms with Crippen molar-refractivity contribution in [3.63, 3.8) is 0 Å². The van der Waals surface area contributed by atoms with Crippen molar-refractivity contribution in [2.75, 3.05) is 31.2 Å². The van der Waals surface area contributed by atoms with E-state index in [9.17, 15) is 8.42 Å². The highest BCUT2D eigenvalue weighted by molar-refractivity contribution is 9.10. The van der Waals surface area contributed by atoms with Gasteiger partial charge in [0.25, 0.3) is 10.0 Å². The SMILES string of the molecule is O=S(=O)(c1ccccc1)n1c(-c2ccc(N3CCOCC3)c(F)c2)cc2c(Br)ccnc21. The molecular weight excluding hydrogens is 497 g/mol. The first-order chi connectivity index (χ1) is 15.5. The van der Waals surface area contributed by atoms with E-state index in [0.717, 1.165) is 0 Å². The van der Waals surface area contributed by atoms with Gasteiger partial charge in [0.1, 0.15) is 5.82 Å². The molecule has 6 nitrogen and oxygen atoms in total. The second-order valence-electron chi connectivity index (χ2n) is 7.41. The summed E-state index contributed by atoms with van der Waals surface area (Å²) >= 11 is 3.48. The normalized spacial score (nSPS) is 14.8. The molecule has 0 saturated carbocycles. The lowest BCUT2D eigenvalue weighted by Crippen LogP contribution is -2.36. The van der Waals surface area contributed by atoms with Gasteiger partial charge in [-0.15, -0.1) is 0 Å². The van der Waals surface area contributed by atoms with E-state index in [2.05, 4.69) is 20.9 Å². The molecule has 2 aromatic carbocycles. The van der Waals surface area contributed by atoms with Crippen molar-refractivity contribution in [3.05, 3.63) is 77.2 Å². The number of pyridine rings is 1. The number of anilines is 1. The van der Waals surface area contributed by atoms with Crippen LogP contribution < -0.4 is 4.90 Å². The van der Waals surface area contributed by atoms with Gasteiger partial charge in [-0.3, -0.25) is 0 Å². The highest BCUT2D eigenvalue weighted by Gasteiger charge is 2.26. The van der Waals surface area contributed by atoms with E-state index in [4.69, 9.17) is 4.74 Å². The van der Waals surface area contributed by atoms with Crippen LogP contribution in [0.5, 0.6) is 0 Å². The zero-order chi connectivity index (χ0) is 22.3. The minimum absolute atomic E-state index is 0.130. The van der Waals surface area contributed by atoms with E-state index in [-0.39, 0.29) is 10.5 Å². The van der Waals surface area contributed by atoms with Gasteiger partial charge in [0.2, 0.25) is 0 Å². The van der Waals surface area contributed by atoms with Gasteiger partial charge in [-0.2, -0.15) is 0 Å². The van der Waals surface area contributed by atoms with Gasteiger partial charge < -0.3 is 9.64 Å². The number of benzene rings is 2. The van der Waals surface area contributed by atoms with Crippen LogP contribution in [0.2, 0.25) is 0 Å². The lowest BCUT2D eigenvalue weighted by molar-refractivity contribution is 0.122. The summed E-state index contributed by atoms with van der Waals surface area (Å²) in [6.07, 6.45) is 1.54. The van der Waals surface area contributed by atoms with Crippen LogP contribution in [0, 0.1) is 5.82 Å². The molecule has 1 aliphatic heterocycles. The standard InChI is InChI=1S/C23H19BrFN3O3S/c24-19-8-9-26-23-18(19)15-22(28(23)32(29,30)17-4-2-1-3-5-17)16-6-7-21(20(25)14-16)27-10-12-31-13-11-27/h1-9,14-15H,10-13H2. The molecular formula is C23H19BrFN3O3S. The number of fused-ring (bicyclic) bond motifs is 1. The third-order valence-corrected chi connectivity index (χ3v) is 7.89. The topological polar surface area (TPSA) is 64.4 Å². The predicted octanol–water partition coefficient (Wildman–Crippen LogP) is 4.68. The minimum atomic E-state index is -3.98. The smallest absolute Gasteiger partial charge is 0.269 e. The molecule has 32 heavy (non-hydrogen) atoms. The Balaban J connectivity index is 1.71. The number of ether oxygens (including phenoxy) is 1. The van der Waals surface area contributed by atoms with Gasteiger partial charge in [0.05, 0.1) is 29.5 Å². The van der Waals surface area contributed by atoms with Crippen LogP contribution in [0.25, 0.3) is 22.3 Å². The van der Waals surface area contributed by atoms with Gasteiger partial charge >= 0.3 is 0 Å². The third-order valence-electron chi connectivity index (χ3n) is 5.48. The highest BCUT2D eigenvalue weighted by Crippen LogP contribution is 2.36. The molecule has 0 aliphatic carbocycles. The van der Waals surface area contributed by atoms with Gasteiger partial charge in [0.15, 0.2) is 5.65 Å². The second-order valence-corrected chi connectivity index (χ2v) is 10.0. The largest absolute Gasteiger partial charge is 0.378 e. The van der Waals surface area contributed by atoms with Crippen molar-refractivity contribution in [1.29, 1.82) is 0 Å². The monoisotopic (exact) mass is 515 g/mol. The van der Waals surface area contributed by atoms with Crippen molar-refractivity contribution in [3.8, 4) is 11.3 Å². The molecule has 0 bridgehead atoms. The van der Waals surface area contributed by atoms with Crippen molar-refractivity contribution in [2.24, 2.45) is 0 Å². The van der Waals surface area contributed by atoms with Crippen molar-refractivity contribution in [1.82, 2.24) is 8.96 Å². The molecule has 1 saturated heterocycles. The molecule has 5 rings (SSSR count). The number of hydrogen-bond donors (Lipinski definition) is 0. The Morgan fingerprint density at radius 1 is 1.00 bits per heavy atom. The van der Waals surface area contributed by atoms with E-state index >= 15 is 4.39 Å². The average molecular weight is 516 g/mol. The molecule has 0 N–H and O–H groups in total. The summed E-state index contributed by atoms with van der Waals surface area (Å²) < 4.78 is 49.6. The number of rotatable bonds is 4. The van der Waals surface area contributed by atoms with E-state index in [1.54, 1.807) is 42.5 Å². The van der Waals surface area contributed by atoms with Crippen LogP contribution in [0.4, 0.5) is 10.1 Å². The Kier molecular flexibility index (Phi) is 5.48. The highest BCUT2D eigenvalue weighted by atomic mass is 79.9. The first-order valence-corrected chi connectivity index (χ1v) is 12.3. The molecule has 1 fully saturated rings. The van der Waals surface area contributed by atoms with Gasteiger partial charge in [-0.1, -0.05) is 24.3 Å². The fraction of sp³-hybridized carbons (Fsp3) is 0.174. The summed E-state index contributed by atoms with van der Waals surface area (Å²) in [6.45, 7) is 2.31. The van der Waals surface area contributed by atoms with Crippen LogP contribution >= 0.6 is 15.9 Å². The van der Waals surface area contributed by atoms with Gasteiger partial charge in [0, 0.05) is 34.7 Å². The first kappa shape index (κ1) is 21.1. The van der Waals surface area contributed by atoms with Gasteiger partial charge in [-0.25, -0.2) is 21.8 Å². The van der Waals surface area contributed by atoms with Crippen molar-refractivity contribution in [2.45, 2.75) is 4.90 Å². The molecule has 0 spiro atoms. The maximum atomic E-state index is 15.1. The molecule has 3 heterocycles. The molecule has 1 aliphatic rings. The van der Waals surface area contributed by atoms with Crippen LogP contribution in [-0.4, -0.2) is 43.7 Å². The number of morpholine rings is 1. The summed E-state index contributed by atoms with van der Waals surface area (Å²) in [5.74, 6) is -0.412. The van der Waals surface area contributed by atoms with E-state index in [1.165, 1.54) is 28.4 Å². The number of halogens is 2. The van der Waals surface area contributed by atoms with E-state index in [1.807, 2.05) is 4.90 Å². The third kappa shape index (κ3) is 3.60. The fourth-order valence-corrected chi connectivity index (χ4v) is 5.83. The van der Waals surface area contributed by atoms with Crippen molar-refractivity contribution < 1.29 is 17.5 Å². The maximum Gasteiger partial charge on any atom is 0.269 e. The van der Waals surface area contributed by atoms with Crippen LogP contribution in [0.1, 0.15) is 0 Å². The fourth-order valence-electron chi connectivity index (χ4n) is 3.91. The summed E-state index contributed by atoms with van der Waals surface area (Å²) in [4.78, 5) is 6.39. The maximum absolute atomic E-state index is 15.1. The molecule has 164 valence electrons. The second kappa shape index (κ2) is 8.31. The number of hydrogen-bond acceptors (Lipinski definition) is 5. The molecule has 0 atom stereocenters. The zero-order valence-electron chi connectivity index (χ0n) is 16.9. The Bertz CT molecular complexity index is 1400. The lowest BCUT2D eigenvalue weighted by Gasteiger charge is -2.29. The summed E-state index contributed by atoms with van der Waals surface area (Å²) in [5, 5.41) is 0.625. The first-order valence-electron chi connectivity index (χ1n) is 10.1. The van der Waals surface area contributed by atoms with E-state index in [0.29, 0.717) is 53.1 Å². The van der Waals surface area contributed by atoms with Crippen LogP contribution in [0.15, 0.2) is 76.2 Å². The van der Waals surface area contributed by atoms with E-state index < -0.39 is 15.8 Å². The quantitative estimate of drug-likeness (QED) is 0.394. The molecule has 9 heteroatoms. The molecule has 0 radical (unpaired) electrons. The van der Waals surface area contributed by atoms with Crippen LogP contribution in [0.3, 0.4) is 0 Å². The lowest BCUT2D eigenvalue weighted by atomic mass is 10.1. The van der Waals surface area contributed by atoms with Crippen LogP contribution in [-0.2, 0) is 14.8 Å². The summed E-state index contributed by atoms with van der Waals surface area (Å²) in [6, 6.07) is 16.4. The molecule has 0 amide bonds. The number of aromatic nitrogens is 2. The van der Waals surface area contributed by atoms with Gasteiger partial charge in [-0.05, 0) is 52.3 Å². The summed E-state index contributed by atoms with van der Waals surface area (Å²) in [7, 11) is -3.98. The Morgan fingerprint density at radius 3 is 2.47 bits per heavy atom. The Morgan fingerprint density at radius 2 is 1.75 bits per heavy atom. The zero-order valence-corrected chi connectivity index (χ0v) is 19.3.